The van der Waals surface area contributed by atoms with Gasteiger partial charge in [0.05, 0.1) is 23.4 Å². The third-order valence-electron chi connectivity index (χ3n) is 2.31. The maximum absolute atomic E-state index is 10.8. The van der Waals surface area contributed by atoms with Gasteiger partial charge in [-0.3, -0.25) is 4.79 Å². The van der Waals surface area contributed by atoms with E-state index >= 15 is 0 Å². The zero-order chi connectivity index (χ0) is 13.5. The van der Waals surface area contributed by atoms with Crippen molar-refractivity contribution in [2.24, 2.45) is 0 Å². The summed E-state index contributed by atoms with van der Waals surface area (Å²) in [6.07, 6.45) is -0.819. The first-order valence-corrected chi connectivity index (χ1v) is 5.96. The minimum absolute atomic E-state index is 0.0978. The second-order valence-corrected chi connectivity index (χ2v) is 4.35. The topological polar surface area (TPSA) is 81.6 Å². The monoisotopic (exact) mass is 272 g/mol. The molecular weight excluding hydrogens is 256 g/mol. The second kappa shape index (κ2) is 7.20. The Morgan fingerprint density at radius 3 is 2.78 bits per heavy atom. The van der Waals surface area contributed by atoms with E-state index in [0.717, 1.165) is 5.56 Å². The minimum Gasteiger partial charge on any atom is -0.394 e. The summed E-state index contributed by atoms with van der Waals surface area (Å²) in [6.45, 7) is 1.80. The van der Waals surface area contributed by atoms with Crippen molar-refractivity contribution < 1.29 is 15.0 Å². The molecule has 0 radical (unpaired) electrons. The lowest BCUT2D eigenvalue weighted by Gasteiger charge is -2.12. The number of aliphatic hydroxyl groups excluding tert-OH is 2. The number of hydrogen-bond acceptors (Lipinski definition) is 4. The van der Waals surface area contributed by atoms with Gasteiger partial charge < -0.3 is 20.8 Å². The highest BCUT2D eigenvalue weighted by Crippen LogP contribution is 2.22. The van der Waals surface area contributed by atoms with Gasteiger partial charge >= 0.3 is 0 Å². The maximum Gasteiger partial charge on any atom is 0.217 e. The van der Waals surface area contributed by atoms with Crippen LogP contribution in [0.25, 0.3) is 0 Å². The van der Waals surface area contributed by atoms with Crippen LogP contribution in [0.4, 0.5) is 5.69 Å². The molecule has 0 aromatic heterocycles. The van der Waals surface area contributed by atoms with E-state index in [1.165, 1.54) is 6.92 Å². The van der Waals surface area contributed by atoms with E-state index in [1.807, 2.05) is 6.07 Å². The highest BCUT2D eigenvalue weighted by atomic mass is 35.5. The molecule has 0 aliphatic rings. The summed E-state index contributed by atoms with van der Waals surface area (Å²) >= 11 is 6.05. The largest absolute Gasteiger partial charge is 0.394 e. The van der Waals surface area contributed by atoms with Gasteiger partial charge in [-0.2, -0.15) is 0 Å². The van der Waals surface area contributed by atoms with Crippen molar-refractivity contribution in [2.45, 2.75) is 19.6 Å². The van der Waals surface area contributed by atoms with Crippen molar-refractivity contribution in [3.63, 3.8) is 0 Å². The fourth-order valence-electron chi connectivity index (χ4n) is 1.33. The smallest absolute Gasteiger partial charge is 0.217 e. The van der Waals surface area contributed by atoms with Crippen molar-refractivity contribution in [2.75, 3.05) is 18.5 Å². The van der Waals surface area contributed by atoms with E-state index < -0.39 is 6.10 Å². The molecule has 0 spiro atoms. The molecule has 1 aromatic rings. The lowest BCUT2D eigenvalue weighted by atomic mass is 10.2. The van der Waals surface area contributed by atoms with Gasteiger partial charge in [0.25, 0.3) is 0 Å². The molecule has 6 heteroatoms. The van der Waals surface area contributed by atoms with Crippen LogP contribution in [0, 0.1) is 0 Å². The fourth-order valence-corrected chi connectivity index (χ4v) is 1.60. The lowest BCUT2D eigenvalue weighted by molar-refractivity contribution is -0.119. The van der Waals surface area contributed by atoms with Crippen LogP contribution in [0.2, 0.25) is 5.02 Å². The molecule has 1 atom stereocenters. The van der Waals surface area contributed by atoms with Gasteiger partial charge in [-0.1, -0.05) is 17.7 Å². The van der Waals surface area contributed by atoms with Crippen LogP contribution in [0.15, 0.2) is 18.2 Å². The van der Waals surface area contributed by atoms with E-state index in [-0.39, 0.29) is 19.1 Å². The molecule has 0 heterocycles. The van der Waals surface area contributed by atoms with Crippen molar-refractivity contribution >= 4 is 23.2 Å². The zero-order valence-electron chi connectivity index (χ0n) is 10.1. The molecule has 0 aliphatic heterocycles. The molecule has 100 valence electrons. The molecule has 0 aliphatic carbocycles. The zero-order valence-corrected chi connectivity index (χ0v) is 10.9. The third kappa shape index (κ3) is 4.91. The Labute approximate surface area is 111 Å². The number of hydrogen-bond donors (Lipinski definition) is 4. The van der Waals surface area contributed by atoms with Crippen molar-refractivity contribution in [1.82, 2.24) is 5.32 Å². The Balaban J connectivity index is 2.59. The summed E-state index contributed by atoms with van der Waals surface area (Å²) < 4.78 is 0. The van der Waals surface area contributed by atoms with Gasteiger partial charge in [-0.05, 0) is 17.7 Å². The number of benzene rings is 1. The minimum atomic E-state index is -0.819. The average molecular weight is 273 g/mol. The molecule has 1 unspecified atom stereocenters. The fraction of sp³-hybridized carbons (Fsp3) is 0.417. The summed E-state index contributed by atoms with van der Waals surface area (Å²) in [5, 5.41) is 24.0. The first-order chi connectivity index (χ1) is 8.52. The maximum atomic E-state index is 10.8. The molecule has 1 aromatic carbocycles. The molecule has 1 rings (SSSR count). The van der Waals surface area contributed by atoms with Crippen molar-refractivity contribution in [3.05, 3.63) is 28.8 Å². The number of carbonyl (C=O) groups excluding carboxylic acids is 1. The normalized spacial score (nSPS) is 12.0. The summed E-state index contributed by atoms with van der Waals surface area (Å²) in [7, 11) is 0. The SMILES string of the molecule is CC(=O)NCc1ccc(NCC(O)CO)c(Cl)c1. The van der Waals surface area contributed by atoms with E-state index in [1.54, 1.807) is 12.1 Å². The Morgan fingerprint density at radius 2 is 2.22 bits per heavy atom. The first kappa shape index (κ1) is 14.8. The molecule has 0 saturated carbocycles. The molecule has 1 amide bonds. The van der Waals surface area contributed by atoms with Crippen molar-refractivity contribution in [3.8, 4) is 0 Å². The number of carbonyl (C=O) groups is 1. The average Bonchev–Trinajstić information content (AvgIpc) is 2.34. The predicted molar refractivity (Wildman–Crippen MR) is 70.6 cm³/mol. The molecule has 0 fully saturated rings. The van der Waals surface area contributed by atoms with Crippen LogP contribution in [-0.4, -0.2) is 35.4 Å². The van der Waals surface area contributed by atoms with Gasteiger partial charge in [0, 0.05) is 20.0 Å². The number of aliphatic hydroxyl groups is 2. The number of amides is 1. The molecule has 18 heavy (non-hydrogen) atoms. The Bertz CT molecular complexity index is 412. The van der Waals surface area contributed by atoms with Gasteiger partial charge in [-0.25, -0.2) is 0 Å². The molecular formula is C12H17ClN2O3. The van der Waals surface area contributed by atoms with Gasteiger partial charge in [0.15, 0.2) is 0 Å². The Morgan fingerprint density at radius 1 is 1.50 bits per heavy atom. The number of nitrogens with one attached hydrogen (secondary N) is 2. The number of halogens is 1. The van der Waals surface area contributed by atoms with Crippen LogP contribution in [-0.2, 0) is 11.3 Å². The molecule has 0 saturated heterocycles. The van der Waals surface area contributed by atoms with Crippen LogP contribution in [0.3, 0.4) is 0 Å². The summed E-state index contributed by atoms with van der Waals surface area (Å²) in [5.74, 6) is -0.0978. The highest BCUT2D eigenvalue weighted by molar-refractivity contribution is 6.33. The van der Waals surface area contributed by atoms with E-state index in [0.29, 0.717) is 17.3 Å². The van der Waals surface area contributed by atoms with Crippen LogP contribution in [0.1, 0.15) is 12.5 Å². The molecule has 5 nitrogen and oxygen atoms in total. The second-order valence-electron chi connectivity index (χ2n) is 3.94. The van der Waals surface area contributed by atoms with Gasteiger partial charge in [0.1, 0.15) is 0 Å². The van der Waals surface area contributed by atoms with Crippen molar-refractivity contribution in [1.29, 1.82) is 0 Å². The van der Waals surface area contributed by atoms with Crippen LogP contribution in [0.5, 0.6) is 0 Å². The van der Waals surface area contributed by atoms with Crippen LogP contribution >= 0.6 is 11.6 Å². The van der Waals surface area contributed by atoms with Gasteiger partial charge in [0.2, 0.25) is 5.91 Å². The summed E-state index contributed by atoms with van der Waals surface area (Å²) in [4.78, 5) is 10.8. The van der Waals surface area contributed by atoms with E-state index in [9.17, 15) is 9.90 Å². The van der Waals surface area contributed by atoms with E-state index in [4.69, 9.17) is 16.7 Å². The quantitative estimate of drug-likeness (QED) is 0.616. The van der Waals surface area contributed by atoms with Crippen LogP contribution < -0.4 is 10.6 Å². The lowest BCUT2D eigenvalue weighted by Crippen LogP contribution is -2.23. The molecule has 0 bridgehead atoms. The van der Waals surface area contributed by atoms with E-state index in [2.05, 4.69) is 10.6 Å². The number of rotatable bonds is 6. The Hall–Kier alpha value is -1.30. The van der Waals surface area contributed by atoms with Gasteiger partial charge in [-0.15, -0.1) is 0 Å². The number of anilines is 1. The standard InChI is InChI=1S/C12H17ClN2O3/c1-8(17)14-5-9-2-3-12(11(13)4-9)15-6-10(18)7-16/h2-4,10,15-16,18H,5-7H2,1H3,(H,14,17). The summed E-state index contributed by atoms with van der Waals surface area (Å²) in [6, 6.07) is 5.34. The highest BCUT2D eigenvalue weighted by Gasteiger charge is 2.05. The molecule has 4 N–H and O–H groups in total. The first-order valence-electron chi connectivity index (χ1n) is 5.58. The third-order valence-corrected chi connectivity index (χ3v) is 2.63. The predicted octanol–water partition coefficient (Wildman–Crippen LogP) is 0.741. The Kier molecular flexibility index (Phi) is 5.91. The summed E-state index contributed by atoms with van der Waals surface area (Å²) in [5.41, 5.74) is 1.57.